The zero-order valence-corrected chi connectivity index (χ0v) is 15.4. The van der Waals surface area contributed by atoms with Crippen LogP contribution in [-0.2, 0) is 17.8 Å². The predicted octanol–water partition coefficient (Wildman–Crippen LogP) is 2.57. The molecule has 1 atom stereocenters. The fourth-order valence-electron chi connectivity index (χ4n) is 3.01. The van der Waals surface area contributed by atoms with Crippen molar-refractivity contribution >= 4 is 23.4 Å². The molecular weight excluding hydrogens is 354 g/mol. The number of hydrogen-bond donors (Lipinski definition) is 1. The topological polar surface area (TPSA) is 85.5 Å². The molecular formula is C19H20ClN3O3. The summed E-state index contributed by atoms with van der Waals surface area (Å²) in [7, 11) is 0. The van der Waals surface area contributed by atoms with Gasteiger partial charge in [0.2, 0.25) is 11.8 Å². The maximum absolute atomic E-state index is 13.0. The van der Waals surface area contributed by atoms with Gasteiger partial charge in [0.15, 0.2) is 0 Å². The van der Waals surface area contributed by atoms with Crippen molar-refractivity contribution < 1.29 is 14.3 Å². The Labute approximate surface area is 156 Å². The van der Waals surface area contributed by atoms with Crippen molar-refractivity contribution in [2.24, 2.45) is 5.73 Å². The van der Waals surface area contributed by atoms with Gasteiger partial charge in [0.1, 0.15) is 11.1 Å². The van der Waals surface area contributed by atoms with Crippen molar-refractivity contribution in [3.8, 4) is 5.88 Å². The molecule has 0 aliphatic carbocycles. The summed E-state index contributed by atoms with van der Waals surface area (Å²) >= 11 is 6.19. The highest BCUT2D eigenvalue weighted by atomic mass is 35.5. The van der Waals surface area contributed by atoms with Gasteiger partial charge in [-0.15, -0.1) is 0 Å². The zero-order chi connectivity index (χ0) is 18.8. The SMILES string of the molecule is CC(C)Oc1ncc(C(=O)N2Cc3ccccc3C[C@H]2C(N)=O)cc1Cl. The molecule has 0 saturated carbocycles. The van der Waals surface area contributed by atoms with Crippen LogP contribution in [0.5, 0.6) is 5.88 Å². The lowest BCUT2D eigenvalue weighted by Crippen LogP contribution is -2.51. The summed E-state index contributed by atoms with van der Waals surface area (Å²) in [6.07, 6.45) is 1.72. The molecule has 0 fully saturated rings. The van der Waals surface area contributed by atoms with E-state index in [-0.39, 0.29) is 28.5 Å². The van der Waals surface area contributed by atoms with Crippen molar-refractivity contribution in [3.05, 3.63) is 58.2 Å². The number of nitrogens with two attached hydrogens (primary N) is 1. The molecule has 0 spiro atoms. The molecule has 1 aromatic carbocycles. The summed E-state index contributed by atoms with van der Waals surface area (Å²) < 4.78 is 5.49. The number of hydrogen-bond acceptors (Lipinski definition) is 4. The van der Waals surface area contributed by atoms with Gasteiger partial charge in [-0.05, 0) is 31.0 Å². The number of fused-ring (bicyclic) bond motifs is 1. The van der Waals surface area contributed by atoms with Crippen molar-refractivity contribution in [2.45, 2.75) is 39.0 Å². The number of rotatable bonds is 4. The fraction of sp³-hybridized carbons (Fsp3) is 0.316. The van der Waals surface area contributed by atoms with E-state index in [0.29, 0.717) is 13.0 Å². The fourth-order valence-corrected chi connectivity index (χ4v) is 3.22. The molecule has 1 aliphatic heterocycles. The lowest BCUT2D eigenvalue weighted by atomic mass is 9.93. The van der Waals surface area contributed by atoms with E-state index < -0.39 is 11.9 Å². The monoisotopic (exact) mass is 373 g/mol. The number of ether oxygens (including phenoxy) is 1. The number of pyridine rings is 1. The summed E-state index contributed by atoms with van der Waals surface area (Å²) in [5, 5.41) is 0.248. The molecule has 1 aromatic heterocycles. The Kier molecular flexibility index (Phi) is 5.13. The first-order valence-electron chi connectivity index (χ1n) is 8.36. The third kappa shape index (κ3) is 3.65. The van der Waals surface area contributed by atoms with Crippen LogP contribution < -0.4 is 10.5 Å². The number of aromatic nitrogens is 1. The van der Waals surface area contributed by atoms with Gasteiger partial charge in [-0.3, -0.25) is 9.59 Å². The first-order valence-corrected chi connectivity index (χ1v) is 8.74. The third-order valence-corrected chi connectivity index (χ3v) is 4.51. The molecule has 0 radical (unpaired) electrons. The Morgan fingerprint density at radius 1 is 1.31 bits per heavy atom. The largest absolute Gasteiger partial charge is 0.474 e. The Hall–Kier alpha value is -2.60. The lowest BCUT2D eigenvalue weighted by molar-refractivity contribution is -0.122. The molecule has 0 bridgehead atoms. The second kappa shape index (κ2) is 7.33. The van der Waals surface area contributed by atoms with Crippen LogP contribution in [0.15, 0.2) is 36.5 Å². The third-order valence-electron chi connectivity index (χ3n) is 4.24. The van der Waals surface area contributed by atoms with Gasteiger partial charge in [-0.25, -0.2) is 4.98 Å². The number of amides is 2. The van der Waals surface area contributed by atoms with Gasteiger partial charge >= 0.3 is 0 Å². The lowest BCUT2D eigenvalue weighted by Gasteiger charge is -2.35. The van der Waals surface area contributed by atoms with Gasteiger partial charge in [0.05, 0.1) is 11.7 Å². The van der Waals surface area contributed by atoms with Crippen molar-refractivity contribution in [3.63, 3.8) is 0 Å². The highest BCUT2D eigenvalue weighted by Gasteiger charge is 2.34. The van der Waals surface area contributed by atoms with Crippen LogP contribution in [0.4, 0.5) is 0 Å². The molecule has 3 rings (SSSR count). The summed E-state index contributed by atoms with van der Waals surface area (Å²) in [5.41, 5.74) is 7.86. The Morgan fingerprint density at radius 3 is 2.62 bits per heavy atom. The van der Waals surface area contributed by atoms with E-state index in [1.807, 2.05) is 38.1 Å². The van der Waals surface area contributed by atoms with Gasteiger partial charge in [0.25, 0.3) is 5.91 Å². The predicted molar refractivity (Wildman–Crippen MR) is 98.0 cm³/mol. The minimum Gasteiger partial charge on any atom is -0.474 e. The van der Waals surface area contributed by atoms with Crippen LogP contribution in [0, 0.1) is 0 Å². The highest BCUT2D eigenvalue weighted by Crippen LogP contribution is 2.27. The highest BCUT2D eigenvalue weighted by molar-refractivity contribution is 6.32. The van der Waals surface area contributed by atoms with Crippen LogP contribution in [-0.4, -0.2) is 33.8 Å². The second-order valence-corrected chi connectivity index (χ2v) is 6.91. The number of carbonyl (C=O) groups is 2. The minimum atomic E-state index is -0.706. The van der Waals surface area contributed by atoms with Crippen molar-refractivity contribution in [2.75, 3.05) is 0 Å². The summed E-state index contributed by atoms with van der Waals surface area (Å²) in [4.78, 5) is 30.5. The molecule has 2 amide bonds. The smallest absolute Gasteiger partial charge is 0.256 e. The van der Waals surface area contributed by atoms with Crippen LogP contribution >= 0.6 is 11.6 Å². The van der Waals surface area contributed by atoms with Gasteiger partial charge in [0, 0.05) is 19.2 Å². The first kappa shape index (κ1) is 18.2. The average molecular weight is 374 g/mol. The van der Waals surface area contributed by atoms with Crippen LogP contribution in [0.25, 0.3) is 0 Å². The molecule has 6 nitrogen and oxygen atoms in total. The maximum atomic E-state index is 13.0. The Morgan fingerprint density at radius 2 is 2.00 bits per heavy atom. The van der Waals surface area contributed by atoms with Gasteiger partial charge < -0.3 is 15.4 Å². The molecule has 7 heteroatoms. The zero-order valence-electron chi connectivity index (χ0n) is 14.6. The van der Waals surface area contributed by atoms with E-state index in [1.54, 1.807) is 0 Å². The number of benzene rings is 1. The van der Waals surface area contributed by atoms with E-state index in [4.69, 9.17) is 22.1 Å². The van der Waals surface area contributed by atoms with Crippen molar-refractivity contribution in [1.29, 1.82) is 0 Å². The molecule has 0 unspecified atom stereocenters. The summed E-state index contributed by atoms with van der Waals surface area (Å²) in [6, 6.07) is 8.50. The van der Waals surface area contributed by atoms with E-state index in [0.717, 1.165) is 11.1 Å². The van der Waals surface area contributed by atoms with Crippen LogP contribution in [0.1, 0.15) is 35.3 Å². The summed E-state index contributed by atoms with van der Waals surface area (Å²) in [6.45, 7) is 4.03. The molecule has 136 valence electrons. The van der Waals surface area contributed by atoms with E-state index >= 15 is 0 Å². The van der Waals surface area contributed by atoms with Gasteiger partial charge in [-0.2, -0.15) is 0 Å². The number of primary amides is 1. The molecule has 0 saturated heterocycles. The van der Waals surface area contributed by atoms with E-state index in [9.17, 15) is 9.59 Å². The molecule has 2 heterocycles. The normalized spacial score (nSPS) is 16.3. The average Bonchev–Trinajstić information content (AvgIpc) is 2.61. The summed E-state index contributed by atoms with van der Waals surface area (Å²) in [5.74, 6) is -0.603. The maximum Gasteiger partial charge on any atom is 0.256 e. The first-order chi connectivity index (χ1) is 12.4. The Bertz CT molecular complexity index is 854. The quantitative estimate of drug-likeness (QED) is 0.892. The molecule has 2 N–H and O–H groups in total. The Balaban J connectivity index is 1.90. The molecule has 2 aromatic rings. The standard InChI is InChI=1S/C19H20ClN3O3/c1-11(2)26-18-15(20)7-14(9-22-18)19(25)23-10-13-6-4-3-5-12(13)8-16(23)17(21)24/h3-7,9,11,16H,8,10H2,1-2H3,(H2,21,24)/t16-/m0/s1. The van der Waals surface area contributed by atoms with E-state index in [2.05, 4.69) is 4.98 Å². The van der Waals surface area contributed by atoms with Crippen LogP contribution in [0.3, 0.4) is 0 Å². The van der Waals surface area contributed by atoms with Gasteiger partial charge in [-0.1, -0.05) is 35.9 Å². The van der Waals surface area contributed by atoms with Crippen LogP contribution in [0.2, 0.25) is 5.02 Å². The number of nitrogens with zero attached hydrogens (tertiary/aromatic N) is 2. The number of carbonyl (C=O) groups excluding carboxylic acids is 2. The minimum absolute atomic E-state index is 0.0839. The number of halogens is 1. The molecule has 1 aliphatic rings. The molecule has 26 heavy (non-hydrogen) atoms. The van der Waals surface area contributed by atoms with Crippen molar-refractivity contribution in [1.82, 2.24) is 9.88 Å². The second-order valence-electron chi connectivity index (χ2n) is 6.50. The van der Waals surface area contributed by atoms with E-state index in [1.165, 1.54) is 17.2 Å².